The van der Waals surface area contributed by atoms with E-state index in [2.05, 4.69) is 166 Å². The lowest BCUT2D eigenvalue weighted by atomic mass is 9.77. The van der Waals surface area contributed by atoms with Crippen LogP contribution in [0, 0.1) is 19.8 Å². The highest BCUT2D eigenvalue weighted by molar-refractivity contribution is 6.22. The van der Waals surface area contributed by atoms with Gasteiger partial charge in [-0.3, -0.25) is 0 Å². The molecule has 0 saturated heterocycles. The Bertz CT molecular complexity index is 2270. The molecule has 1 unspecified atom stereocenters. The third-order valence-corrected chi connectivity index (χ3v) is 9.88. The maximum atomic E-state index is 2.40. The van der Waals surface area contributed by atoms with Gasteiger partial charge in [0.2, 0.25) is 0 Å². The molecule has 0 amide bonds. The highest BCUT2D eigenvalue weighted by Gasteiger charge is 2.25. The molecule has 0 spiro atoms. The van der Waals surface area contributed by atoms with Crippen LogP contribution in [0.2, 0.25) is 0 Å². The molecule has 1 atom stereocenters. The van der Waals surface area contributed by atoms with E-state index in [1.807, 2.05) is 0 Å². The second kappa shape index (κ2) is 11.1. The van der Waals surface area contributed by atoms with E-state index in [4.69, 9.17) is 0 Å². The molecule has 0 fully saturated rings. The predicted molar refractivity (Wildman–Crippen MR) is 195 cm³/mol. The SMILES string of the molecule is Cc1ccccc1-c1cccc(-c2c3ccccc3c(C3=C(c4cccc5ccccc45)C(C)CC=C3)c3ccccc23)c1C. The number of allylic oxidation sites excluding steroid dienone is 4. The average molecular weight is 577 g/mol. The molecule has 1 aliphatic carbocycles. The third kappa shape index (κ3) is 4.44. The van der Waals surface area contributed by atoms with Crippen LogP contribution in [0.15, 0.2) is 146 Å². The van der Waals surface area contributed by atoms with E-state index < -0.39 is 0 Å². The maximum absolute atomic E-state index is 2.40. The van der Waals surface area contributed by atoms with Crippen LogP contribution in [0.4, 0.5) is 0 Å². The summed E-state index contributed by atoms with van der Waals surface area (Å²) < 4.78 is 0. The molecule has 7 aromatic rings. The maximum Gasteiger partial charge on any atom is -0.00234 e. The number of aryl methyl sites for hydroxylation is 1. The molecule has 0 bridgehead atoms. The number of rotatable bonds is 4. The van der Waals surface area contributed by atoms with Gasteiger partial charge >= 0.3 is 0 Å². The van der Waals surface area contributed by atoms with Crippen LogP contribution in [-0.2, 0) is 0 Å². The summed E-state index contributed by atoms with van der Waals surface area (Å²) >= 11 is 0. The minimum absolute atomic E-state index is 0.404. The Kier molecular flexibility index (Phi) is 6.72. The summed E-state index contributed by atoms with van der Waals surface area (Å²) in [4.78, 5) is 0. The molecule has 0 N–H and O–H groups in total. The lowest BCUT2D eigenvalue weighted by Gasteiger charge is -2.27. The fourth-order valence-electron chi connectivity index (χ4n) is 7.73. The van der Waals surface area contributed by atoms with Gasteiger partial charge in [0.25, 0.3) is 0 Å². The lowest BCUT2D eigenvalue weighted by molar-refractivity contribution is 0.762. The van der Waals surface area contributed by atoms with Crippen molar-refractivity contribution >= 4 is 43.5 Å². The zero-order valence-corrected chi connectivity index (χ0v) is 26.1. The monoisotopic (exact) mass is 576 g/mol. The first-order valence-electron chi connectivity index (χ1n) is 16.1. The molecule has 0 heteroatoms. The average Bonchev–Trinajstić information content (AvgIpc) is 3.08. The summed E-state index contributed by atoms with van der Waals surface area (Å²) in [6, 6.07) is 49.3. The molecular formula is C45H36. The standard InChI is InChI=1S/C45H36/c1-29-15-4-6-19-33(29)34-25-14-26-35(31(34)3)44-38-21-8-10-23-40(38)45(41-24-11-9-22-39(41)44)42-28-12-16-30(2)43(42)37-27-13-18-32-17-5-7-20-36(32)37/h4-15,17-28,30H,16H2,1-3H3. The first kappa shape index (κ1) is 27.4. The van der Waals surface area contributed by atoms with Gasteiger partial charge < -0.3 is 0 Å². The highest BCUT2D eigenvalue weighted by Crippen LogP contribution is 2.48. The number of fused-ring (bicyclic) bond motifs is 3. The Morgan fingerprint density at radius 1 is 0.467 bits per heavy atom. The third-order valence-electron chi connectivity index (χ3n) is 9.88. The van der Waals surface area contributed by atoms with E-state index >= 15 is 0 Å². The second-order valence-electron chi connectivity index (χ2n) is 12.5. The van der Waals surface area contributed by atoms with Gasteiger partial charge in [0.15, 0.2) is 0 Å². The summed E-state index contributed by atoms with van der Waals surface area (Å²) in [6.45, 7) is 6.89. The van der Waals surface area contributed by atoms with Crippen molar-refractivity contribution in [2.24, 2.45) is 5.92 Å². The van der Waals surface area contributed by atoms with Gasteiger partial charge in [-0.15, -0.1) is 0 Å². The summed E-state index contributed by atoms with van der Waals surface area (Å²) in [5, 5.41) is 7.82. The Hall–Kier alpha value is -5.20. The normalized spacial score (nSPS) is 15.0. The van der Waals surface area contributed by atoms with Crippen LogP contribution in [0.25, 0.3) is 65.7 Å². The Balaban J connectivity index is 1.48. The second-order valence-corrected chi connectivity index (χ2v) is 12.5. The molecule has 8 rings (SSSR count). The van der Waals surface area contributed by atoms with Crippen LogP contribution in [0.1, 0.15) is 35.6 Å². The molecule has 0 aromatic heterocycles. The van der Waals surface area contributed by atoms with Gasteiger partial charge in [-0.1, -0.05) is 153 Å². The van der Waals surface area contributed by atoms with E-state index in [0.29, 0.717) is 5.92 Å². The minimum Gasteiger partial charge on any atom is -0.0833 e. The van der Waals surface area contributed by atoms with E-state index in [1.54, 1.807) is 0 Å². The highest BCUT2D eigenvalue weighted by atomic mass is 14.3. The van der Waals surface area contributed by atoms with Crippen molar-refractivity contribution in [2.45, 2.75) is 27.2 Å². The molecule has 0 aliphatic heterocycles. The van der Waals surface area contributed by atoms with Crippen LogP contribution < -0.4 is 0 Å². The molecule has 216 valence electrons. The zero-order valence-electron chi connectivity index (χ0n) is 26.1. The molecule has 1 aliphatic rings. The lowest BCUT2D eigenvalue weighted by Crippen LogP contribution is -2.06. The summed E-state index contributed by atoms with van der Waals surface area (Å²) in [6.07, 6.45) is 5.82. The Labute approximate surface area is 266 Å². The van der Waals surface area contributed by atoms with Gasteiger partial charge in [-0.25, -0.2) is 0 Å². The van der Waals surface area contributed by atoms with Crippen molar-refractivity contribution < 1.29 is 0 Å². The Morgan fingerprint density at radius 2 is 0.978 bits per heavy atom. The molecule has 0 nitrogen and oxygen atoms in total. The van der Waals surface area contributed by atoms with Crippen LogP contribution in [0.5, 0.6) is 0 Å². The van der Waals surface area contributed by atoms with E-state index in [0.717, 1.165) is 6.42 Å². The van der Waals surface area contributed by atoms with Gasteiger partial charge in [-0.05, 0) is 114 Å². The van der Waals surface area contributed by atoms with Crippen LogP contribution in [0.3, 0.4) is 0 Å². The first-order valence-corrected chi connectivity index (χ1v) is 16.1. The first-order chi connectivity index (χ1) is 22.1. The molecule has 0 heterocycles. The van der Waals surface area contributed by atoms with Gasteiger partial charge in [0.05, 0.1) is 0 Å². The van der Waals surface area contributed by atoms with Crippen molar-refractivity contribution in [3.8, 4) is 22.3 Å². The van der Waals surface area contributed by atoms with E-state index in [9.17, 15) is 0 Å². The largest absolute Gasteiger partial charge is 0.0833 e. The Morgan fingerprint density at radius 3 is 1.69 bits per heavy atom. The molecule has 0 saturated carbocycles. The molecule has 7 aromatic carbocycles. The van der Waals surface area contributed by atoms with E-state index in [-0.39, 0.29) is 0 Å². The fourth-order valence-corrected chi connectivity index (χ4v) is 7.73. The summed E-state index contributed by atoms with van der Waals surface area (Å²) in [5.74, 6) is 0.404. The molecule has 45 heavy (non-hydrogen) atoms. The van der Waals surface area contributed by atoms with Crippen molar-refractivity contribution in [3.63, 3.8) is 0 Å². The predicted octanol–water partition coefficient (Wildman–Crippen LogP) is 12.6. The van der Waals surface area contributed by atoms with Crippen molar-refractivity contribution in [2.75, 3.05) is 0 Å². The van der Waals surface area contributed by atoms with Crippen molar-refractivity contribution in [1.29, 1.82) is 0 Å². The summed E-state index contributed by atoms with van der Waals surface area (Å²) in [7, 11) is 0. The number of benzene rings is 7. The number of hydrogen-bond donors (Lipinski definition) is 0. The van der Waals surface area contributed by atoms with Gasteiger partial charge in [0, 0.05) is 0 Å². The van der Waals surface area contributed by atoms with Crippen LogP contribution >= 0.6 is 0 Å². The topological polar surface area (TPSA) is 0 Å². The number of hydrogen-bond acceptors (Lipinski definition) is 0. The zero-order chi connectivity index (χ0) is 30.5. The minimum atomic E-state index is 0.404. The molecular weight excluding hydrogens is 540 g/mol. The quantitative estimate of drug-likeness (QED) is 0.183. The van der Waals surface area contributed by atoms with Crippen molar-refractivity contribution in [3.05, 3.63) is 168 Å². The summed E-state index contributed by atoms with van der Waals surface area (Å²) in [5.41, 5.74) is 13.3. The van der Waals surface area contributed by atoms with Crippen LogP contribution in [-0.4, -0.2) is 0 Å². The van der Waals surface area contributed by atoms with E-state index in [1.165, 1.54) is 88.0 Å². The van der Waals surface area contributed by atoms with Crippen molar-refractivity contribution in [1.82, 2.24) is 0 Å². The smallest absolute Gasteiger partial charge is 0.00234 e. The fraction of sp³-hybridized carbons (Fsp3) is 0.111. The molecule has 0 radical (unpaired) electrons. The van der Waals surface area contributed by atoms with Gasteiger partial charge in [0.1, 0.15) is 0 Å². The van der Waals surface area contributed by atoms with Gasteiger partial charge in [-0.2, -0.15) is 0 Å².